The van der Waals surface area contributed by atoms with E-state index in [9.17, 15) is 8.78 Å². The van der Waals surface area contributed by atoms with Gasteiger partial charge in [-0.2, -0.15) is 0 Å². The first-order chi connectivity index (χ1) is 11.3. The number of allylic oxidation sites excluding steroid dienone is 4. The van der Waals surface area contributed by atoms with E-state index in [1.54, 1.807) is 0 Å². The Morgan fingerprint density at radius 3 is 1.71 bits per heavy atom. The molecule has 4 rings (SSSR count). The molecule has 0 radical (unpaired) electrons. The van der Waals surface area contributed by atoms with Crippen LogP contribution in [-0.2, 0) is 0 Å². The molecular formula is C22H20F2. The number of hydrogen-bond donors (Lipinski definition) is 0. The summed E-state index contributed by atoms with van der Waals surface area (Å²) < 4.78 is 26.5. The van der Waals surface area contributed by atoms with Crippen LogP contribution in [0.1, 0.15) is 31.9 Å². The van der Waals surface area contributed by atoms with Crippen LogP contribution in [0.4, 0.5) is 8.78 Å². The van der Waals surface area contributed by atoms with Crippen molar-refractivity contribution in [2.45, 2.75) is 20.8 Å². The van der Waals surface area contributed by atoms with Gasteiger partial charge in [0.1, 0.15) is 11.6 Å². The fraction of sp³-hybridized carbons (Fsp3) is 0.273. The molecule has 2 aromatic rings. The van der Waals surface area contributed by atoms with Gasteiger partial charge in [0.25, 0.3) is 0 Å². The number of halogens is 2. The largest absolute Gasteiger partial charge is 0.207 e. The normalized spacial score (nSPS) is 27.1. The lowest BCUT2D eigenvalue weighted by atomic mass is 9.66. The lowest BCUT2D eigenvalue weighted by Gasteiger charge is -2.37. The van der Waals surface area contributed by atoms with Crippen molar-refractivity contribution >= 4 is 11.1 Å². The molecule has 24 heavy (non-hydrogen) atoms. The first-order valence-corrected chi connectivity index (χ1v) is 8.30. The highest BCUT2D eigenvalue weighted by molar-refractivity contribution is 5.88. The summed E-state index contributed by atoms with van der Waals surface area (Å²) in [5.41, 5.74) is 4.56. The van der Waals surface area contributed by atoms with E-state index in [1.807, 2.05) is 24.3 Å². The van der Waals surface area contributed by atoms with Crippen molar-refractivity contribution in [3.8, 4) is 0 Å². The molecule has 0 aliphatic heterocycles. The monoisotopic (exact) mass is 322 g/mol. The Bertz CT molecular complexity index is 854. The molecule has 0 N–H and O–H groups in total. The van der Waals surface area contributed by atoms with Gasteiger partial charge in [0.2, 0.25) is 0 Å². The summed E-state index contributed by atoms with van der Waals surface area (Å²) in [7, 11) is 0. The maximum atomic E-state index is 13.3. The minimum atomic E-state index is -0.213. The molecule has 0 saturated carbocycles. The Balaban J connectivity index is 1.79. The van der Waals surface area contributed by atoms with Crippen molar-refractivity contribution in [3.05, 3.63) is 83.4 Å². The van der Waals surface area contributed by atoms with Gasteiger partial charge in [-0.3, -0.25) is 0 Å². The van der Waals surface area contributed by atoms with E-state index in [-0.39, 0.29) is 28.4 Å². The van der Waals surface area contributed by atoms with Gasteiger partial charge in [-0.1, -0.05) is 57.2 Å². The van der Waals surface area contributed by atoms with E-state index in [0.29, 0.717) is 0 Å². The van der Waals surface area contributed by atoms with Crippen molar-refractivity contribution < 1.29 is 8.78 Å². The van der Waals surface area contributed by atoms with Crippen LogP contribution in [0.5, 0.6) is 0 Å². The summed E-state index contributed by atoms with van der Waals surface area (Å²) >= 11 is 0. The number of fused-ring (bicyclic) bond motifs is 2. The molecule has 2 aliphatic rings. The Labute approximate surface area is 141 Å². The molecule has 0 unspecified atom stereocenters. The zero-order valence-corrected chi connectivity index (χ0v) is 14.1. The van der Waals surface area contributed by atoms with Crippen LogP contribution >= 0.6 is 0 Å². The summed E-state index contributed by atoms with van der Waals surface area (Å²) in [5.74, 6) is -0.155. The lowest BCUT2D eigenvalue weighted by molar-refractivity contribution is 0.216. The summed E-state index contributed by atoms with van der Waals surface area (Å²) in [5, 5.41) is 0. The van der Waals surface area contributed by atoms with E-state index >= 15 is 0 Å². The highest BCUT2D eigenvalue weighted by Gasteiger charge is 2.57. The van der Waals surface area contributed by atoms with Gasteiger partial charge >= 0.3 is 0 Å². The number of hydrogen-bond acceptors (Lipinski definition) is 0. The van der Waals surface area contributed by atoms with E-state index in [1.165, 1.54) is 35.4 Å². The average Bonchev–Trinajstić information content (AvgIpc) is 2.87. The first kappa shape index (κ1) is 15.3. The van der Waals surface area contributed by atoms with Crippen LogP contribution in [0.15, 0.2) is 60.7 Å². The van der Waals surface area contributed by atoms with Crippen LogP contribution in [0.3, 0.4) is 0 Å². The van der Waals surface area contributed by atoms with Gasteiger partial charge < -0.3 is 0 Å². The Hall–Kier alpha value is -2.22. The van der Waals surface area contributed by atoms with Crippen molar-refractivity contribution in [1.29, 1.82) is 0 Å². The van der Waals surface area contributed by atoms with Crippen LogP contribution in [0, 0.1) is 28.4 Å². The van der Waals surface area contributed by atoms with E-state index < -0.39 is 0 Å². The van der Waals surface area contributed by atoms with Gasteiger partial charge in [0, 0.05) is 11.3 Å². The molecule has 122 valence electrons. The minimum Gasteiger partial charge on any atom is -0.207 e. The maximum absolute atomic E-state index is 13.3. The standard InChI is InChI=1S/C22H20F2/c1-21(2)20-12-19(15-6-10-17(24)11-7-15)22(21,3)13-18(20)14-4-8-16(23)9-5-14/h4-13,20H,1-3H3/t20-,22-/m1/s1. The summed E-state index contributed by atoms with van der Waals surface area (Å²) in [4.78, 5) is 0. The molecule has 0 nitrogen and oxygen atoms in total. The minimum absolute atomic E-state index is 0.0282. The van der Waals surface area contributed by atoms with Gasteiger partial charge in [-0.15, -0.1) is 0 Å². The van der Waals surface area contributed by atoms with Crippen LogP contribution in [0.2, 0.25) is 0 Å². The van der Waals surface area contributed by atoms with Gasteiger partial charge in [0.05, 0.1) is 0 Å². The Kier molecular flexibility index (Phi) is 3.12. The lowest BCUT2D eigenvalue weighted by Crippen LogP contribution is -2.30. The first-order valence-electron chi connectivity index (χ1n) is 8.30. The van der Waals surface area contributed by atoms with Crippen molar-refractivity contribution in [2.24, 2.45) is 16.7 Å². The predicted molar refractivity (Wildman–Crippen MR) is 94.1 cm³/mol. The number of rotatable bonds is 2. The molecule has 0 fully saturated rings. The molecule has 2 bridgehead atoms. The number of benzene rings is 2. The highest BCUT2D eigenvalue weighted by atomic mass is 19.1. The highest BCUT2D eigenvalue weighted by Crippen LogP contribution is 2.68. The smallest absolute Gasteiger partial charge is 0.123 e. The second kappa shape index (κ2) is 4.89. The quantitative estimate of drug-likeness (QED) is 0.626. The maximum Gasteiger partial charge on any atom is 0.123 e. The molecule has 2 aromatic carbocycles. The van der Waals surface area contributed by atoms with E-state index in [0.717, 1.165) is 11.1 Å². The van der Waals surface area contributed by atoms with Crippen molar-refractivity contribution in [1.82, 2.24) is 0 Å². The Morgan fingerprint density at radius 2 is 1.25 bits per heavy atom. The molecular weight excluding hydrogens is 302 g/mol. The van der Waals surface area contributed by atoms with Crippen molar-refractivity contribution in [3.63, 3.8) is 0 Å². The SMILES string of the molecule is CC1(C)[C@@H]2C=C(c3ccc(F)cc3)[C@@]1(C)C=C2c1ccc(F)cc1. The second-order valence-electron chi connectivity index (χ2n) is 7.60. The fourth-order valence-corrected chi connectivity index (χ4v) is 4.29. The van der Waals surface area contributed by atoms with Crippen LogP contribution in [0.25, 0.3) is 11.1 Å². The third-order valence-corrected chi connectivity index (χ3v) is 6.12. The second-order valence-corrected chi connectivity index (χ2v) is 7.60. The van der Waals surface area contributed by atoms with Crippen LogP contribution in [-0.4, -0.2) is 0 Å². The molecule has 2 aliphatic carbocycles. The zero-order chi connectivity index (χ0) is 17.1. The van der Waals surface area contributed by atoms with Gasteiger partial charge in [0.15, 0.2) is 0 Å². The fourth-order valence-electron chi connectivity index (χ4n) is 4.29. The van der Waals surface area contributed by atoms with Crippen molar-refractivity contribution in [2.75, 3.05) is 0 Å². The average molecular weight is 322 g/mol. The molecule has 2 heteroatoms. The molecule has 0 amide bonds. The Morgan fingerprint density at radius 1 is 0.750 bits per heavy atom. The molecule has 2 atom stereocenters. The third-order valence-electron chi connectivity index (χ3n) is 6.12. The molecule has 0 aromatic heterocycles. The van der Waals surface area contributed by atoms with Gasteiger partial charge in [-0.05, 0) is 52.0 Å². The zero-order valence-electron chi connectivity index (χ0n) is 14.1. The topological polar surface area (TPSA) is 0 Å². The third kappa shape index (κ3) is 1.95. The molecule has 0 heterocycles. The molecule has 0 spiro atoms. The molecule has 0 saturated heterocycles. The van der Waals surface area contributed by atoms with Crippen LogP contribution < -0.4 is 0 Å². The summed E-state index contributed by atoms with van der Waals surface area (Å²) in [6.45, 7) is 6.80. The predicted octanol–water partition coefficient (Wildman–Crippen LogP) is 6.11. The van der Waals surface area contributed by atoms with E-state index in [4.69, 9.17) is 0 Å². The van der Waals surface area contributed by atoms with E-state index in [2.05, 4.69) is 32.9 Å². The summed E-state index contributed by atoms with van der Waals surface area (Å²) in [6.07, 6.45) is 4.63. The van der Waals surface area contributed by atoms with Gasteiger partial charge in [-0.25, -0.2) is 8.78 Å². The summed E-state index contributed by atoms with van der Waals surface area (Å²) in [6, 6.07) is 13.5.